The van der Waals surface area contributed by atoms with E-state index in [1.807, 2.05) is 42.5 Å². The van der Waals surface area contributed by atoms with Crippen LogP contribution in [-0.4, -0.2) is 23.9 Å². The van der Waals surface area contributed by atoms with Gasteiger partial charge in [-0.1, -0.05) is 42.5 Å². The number of likely N-dealkylation sites (tertiary alicyclic amines) is 1. The van der Waals surface area contributed by atoms with E-state index in [1.165, 1.54) is 12.1 Å². The first kappa shape index (κ1) is 17.6. The first-order valence-electron chi connectivity index (χ1n) is 8.94. The number of hydrogen-bond acceptors (Lipinski definition) is 2. The summed E-state index contributed by atoms with van der Waals surface area (Å²) in [6, 6.07) is 16.9. The fourth-order valence-electron chi connectivity index (χ4n) is 3.43. The van der Waals surface area contributed by atoms with E-state index in [9.17, 15) is 9.18 Å². The number of hydrogen-bond donors (Lipinski definition) is 1. The molecule has 1 heterocycles. The lowest BCUT2D eigenvalue weighted by Gasteiger charge is -2.35. The van der Waals surface area contributed by atoms with Crippen LogP contribution in [0.4, 0.5) is 4.39 Å². The smallest absolute Gasteiger partial charge is 0.223 e. The molecule has 1 aliphatic rings. The number of amides is 1. The summed E-state index contributed by atoms with van der Waals surface area (Å²) < 4.78 is 13.1. The van der Waals surface area contributed by atoms with E-state index in [0.29, 0.717) is 6.54 Å². The molecule has 0 spiro atoms. The summed E-state index contributed by atoms with van der Waals surface area (Å²) in [6.07, 6.45) is 1.73. The third-order valence-electron chi connectivity index (χ3n) is 5.11. The zero-order valence-electron chi connectivity index (χ0n) is 14.6. The van der Waals surface area contributed by atoms with E-state index in [1.54, 1.807) is 0 Å². The minimum atomic E-state index is -0.204. The minimum absolute atomic E-state index is 0.0837. The molecule has 1 atom stereocenters. The first-order chi connectivity index (χ1) is 12.1. The van der Waals surface area contributed by atoms with E-state index < -0.39 is 0 Å². The SMILES string of the molecule is CC(c1ccc(F)cc1)N1CCC(C(=O)NCc2ccccc2)CC1. The van der Waals surface area contributed by atoms with Crippen LogP contribution in [0.3, 0.4) is 0 Å². The Kier molecular flexibility index (Phi) is 5.82. The molecule has 2 aromatic carbocycles. The van der Waals surface area contributed by atoms with E-state index in [0.717, 1.165) is 37.1 Å². The van der Waals surface area contributed by atoms with Crippen molar-refractivity contribution in [3.63, 3.8) is 0 Å². The lowest BCUT2D eigenvalue weighted by Crippen LogP contribution is -2.41. The average Bonchev–Trinajstić information content (AvgIpc) is 2.67. The third-order valence-corrected chi connectivity index (χ3v) is 5.11. The quantitative estimate of drug-likeness (QED) is 0.895. The monoisotopic (exact) mass is 340 g/mol. The highest BCUT2D eigenvalue weighted by Crippen LogP contribution is 2.26. The first-order valence-corrected chi connectivity index (χ1v) is 8.94. The molecule has 132 valence electrons. The van der Waals surface area contributed by atoms with Crippen LogP contribution in [0.15, 0.2) is 54.6 Å². The highest BCUT2D eigenvalue weighted by Gasteiger charge is 2.27. The maximum absolute atomic E-state index is 13.1. The largest absolute Gasteiger partial charge is 0.352 e. The van der Waals surface area contributed by atoms with Gasteiger partial charge in [0.1, 0.15) is 5.82 Å². The van der Waals surface area contributed by atoms with E-state index in [-0.39, 0.29) is 23.7 Å². The van der Waals surface area contributed by atoms with E-state index in [4.69, 9.17) is 0 Å². The molecule has 0 bridgehead atoms. The normalized spacial score (nSPS) is 17.2. The van der Waals surface area contributed by atoms with Crippen LogP contribution in [0.5, 0.6) is 0 Å². The van der Waals surface area contributed by atoms with Gasteiger partial charge in [0.2, 0.25) is 5.91 Å². The van der Waals surface area contributed by atoms with Gasteiger partial charge < -0.3 is 5.32 Å². The van der Waals surface area contributed by atoms with Crippen LogP contribution in [0.25, 0.3) is 0 Å². The molecule has 1 unspecified atom stereocenters. The Morgan fingerprint density at radius 3 is 2.40 bits per heavy atom. The number of nitrogens with zero attached hydrogens (tertiary/aromatic N) is 1. The summed E-state index contributed by atoms with van der Waals surface area (Å²) in [5.74, 6) is 0.0306. The van der Waals surface area contributed by atoms with E-state index >= 15 is 0 Å². The van der Waals surface area contributed by atoms with Gasteiger partial charge in [0.25, 0.3) is 0 Å². The molecule has 25 heavy (non-hydrogen) atoms. The molecule has 0 aromatic heterocycles. The Labute approximate surface area is 148 Å². The van der Waals surface area contributed by atoms with Gasteiger partial charge in [0.15, 0.2) is 0 Å². The molecule has 1 aliphatic heterocycles. The lowest BCUT2D eigenvalue weighted by molar-refractivity contribution is -0.126. The summed E-state index contributed by atoms with van der Waals surface area (Å²) in [4.78, 5) is 14.8. The molecule has 4 heteroatoms. The summed E-state index contributed by atoms with van der Waals surface area (Å²) in [7, 11) is 0. The summed E-state index contributed by atoms with van der Waals surface area (Å²) >= 11 is 0. The van der Waals surface area contributed by atoms with Crippen molar-refractivity contribution in [2.75, 3.05) is 13.1 Å². The number of carbonyl (C=O) groups is 1. The number of benzene rings is 2. The predicted molar refractivity (Wildman–Crippen MR) is 97.4 cm³/mol. The summed E-state index contributed by atoms with van der Waals surface area (Å²) in [5, 5.41) is 3.05. The van der Waals surface area contributed by atoms with Crippen LogP contribution >= 0.6 is 0 Å². The van der Waals surface area contributed by atoms with Gasteiger partial charge in [-0.3, -0.25) is 9.69 Å². The molecule has 1 N–H and O–H groups in total. The predicted octanol–water partition coefficient (Wildman–Crippen LogP) is 3.92. The Morgan fingerprint density at radius 1 is 1.12 bits per heavy atom. The Morgan fingerprint density at radius 2 is 1.76 bits per heavy atom. The van der Waals surface area contributed by atoms with Gasteiger partial charge in [-0.2, -0.15) is 0 Å². The molecule has 1 amide bonds. The van der Waals surface area contributed by atoms with Crippen LogP contribution in [0.2, 0.25) is 0 Å². The maximum Gasteiger partial charge on any atom is 0.223 e. The maximum atomic E-state index is 13.1. The number of halogens is 1. The van der Waals surface area contributed by atoms with Crippen molar-refractivity contribution in [2.45, 2.75) is 32.4 Å². The second kappa shape index (κ2) is 8.26. The summed E-state index contributed by atoms with van der Waals surface area (Å²) in [5.41, 5.74) is 2.24. The highest BCUT2D eigenvalue weighted by atomic mass is 19.1. The average molecular weight is 340 g/mol. The Hall–Kier alpha value is -2.20. The molecule has 1 fully saturated rings. The fraction of sp³-hybridized carbons (Fsp3) is 0.381. The summed E-state index contributed by atoms with van der Waals surface area (Å²) in [6.45, 7) is 4.51. The standard InChI is InChI=1S/C21H25FN2O/c1-16(18-7-9-20(22)10-8-18)24-13-11-19(12-14-24)21(25)23-15-17-5-3-2-4-6-17/h2-10,16,19H,11-15H2,1H3,(H,23,25). The van der Waals surface area contributed by atoms with Crippen LogP contribution in [0.1, 0.15) is 36.9 Å². The van der Waals surface area contributed by atoms with Crippen LogP contribution in [0, 0.1) is 11.7 Å². The van der Waals surface area contributed by atoms with Crippen molar-refractivity contribution in [2.24, 2.45) is 5.92 Å². The number of nitrogens with one attached hydrogen (secondary N) is 1. The van der Waals surface area contributed by atoms with Gasteiger partial charge in [-0.25, -0.2) is 4.39 Å². The molecule has 3 rings (SSSR count). The third kappa shape index (κ3) is 4.67. The van der Waals surface area contributed by atoms with E-state index in [2.05, 4.69) is 17.1 Å². The molecule has 3 nitrogen and oxygen atoms in total. The van der Waals surface area contributed by atoms with Crippen molar-refractivity contribution in [1.29, 1.82) is 0 Å². The molecule has 0 aliphatic carbocycles. The van der Waals surface area contributed by atoms with Crippen molar-refractivity contribution < 1.29 is 9.18 Å². The van der Waals surface area contributed by atoms with Gasteiger partial charge in [-0.15, -0.1) is 0 Å². The topological polar surface area (TPSA) is 32.3 Å². The molecule has 0 saturated carbocycles. The molecule has 2 aromatic rings. The molecule has 0 radical (unpaired) electrons. The molecular formula is C21H25FN2O. The number of piperidine rings is 1. The molecule has 1 saturated heterocycles. The zero-order valence-corrected chi connectivity index (χ0v) is 14.6. The zero-order chi connectivity index (χ0) is 17.6. The van der Waals surface area contributed by atoms with Crippen LogP contribution in [-0.2, 0) is 11.3 Å². The van der Waals surface area contributed by atoms with Crippen molar-refractivity contribution in [3.05, 3.63) is 71.5 Å². The fourth-order valence-corrected chi connectivity index (χ4v) is 3.43. The van der Waals surface area contributed by atoms with Gasteiger partial charge in [0, 0.05) is 18.5 Å². The van der Waals surface area contributed by atoms with Crippen LogP contribution < -0.4 is 5.32 Å². The second-order valence-electron chi connectivity index (χ2n) is 6.74. The second-order valence-corrected chi connectivity index (χ2v) is 6.74. The highest BCUT2D eigenvalue weighted by molar-refractivity contribution is 5.78. The van der Waals surface area contributed by atoms with Crippen molar-refractivity contribution >= 4 is 5.91 Å². The Bertz CT molecular complexity index is 679. The minimum Gasteiger partial charge on any atom is -0.352 e. The Balaban J connectivity index is 1.47. The van der Waals surface area contributed by atoms with Crippen molar-refractivity contribution in [3.8, 4) is 0 Å². The van der Waals surface area contributed by atoms with Gasteiger partial charge in [-0.05, 0) is 56.1 Å². The van der Waals surface area contributed by atoms with Gasteiger partial charge in [0.05, 0.1) is 0 Å². The molecular weight excluding hydrogens is 315 g/mol. The lowest BCUT2D eigenvalue weighted by atomic mass is 9.93. The number of carbonyl (C=O) groups excluding carboxylic acids is 1. The van der Waals surface area contributed by atoms with Crippen molar-refractivity contribution in [1.82, 2.24) is 10.2 Å². The van der Waals surface area contributed by atoms with Gasteiger partial charge >= 0.3 is 0 Å². The number of rotatable bonds is 5.